The number of nitrogens with zero attached hydrogens (tertiary/aromatic N) is 3. The summed E-state index contributed by atoms with van der Waals surface area (Å²) in [6, 6.07) is 0. The lowest BCUT2D eigenvalue weighted by atomic mass is 9.49. The van der Waals surface area contributed by atoms with E-state index in [1.807, 2.05) is 0 Å². The quantitative estimate of drug-likeness (QED) is 0.651. The molecule has 0 aromatic carbocycles. The Morgan fingerprint density at radius 3 is 2.13 bits per heavy atom. The predicted octanol–water partition coefficient (Wildman–Crippen LogP) is 0.285. The molecule has 0 aliphatic heterocycles. The second-order valence-electron chi connectivity index (χ2n) is 4.78. The molecule has 0 bridgehead atoms. The molecule has 0 amide bonds. The van der Waals surface area contributed by atoms with Gasteiger partial charge in [0.2, 0.25) is 0 Å². The smallest absolute Gasteiger partial charge is 0.156 e. The first-order valence-electron chi connectivity index (χ1n) is 4.95. The number of rotatable bonds is 3. The van der Waals surface area contributed by atoms with Crippen LogP contribution in [0.3, 0.4) is 0 Å². The topological polar surface area (TPSA) is 30.7 Å². The lowest BCUT2D eigenvalue weighted by Gasteiger charge is -2.26. The van der Waals surface area contributed by atoms with E-state index in [0.29, 0.717) is 11.7 Å². The van der Waals surface area contributed by atoms with E-state index < -0.39 is 5.24 Å². The van der Waals surface area contributed by atoms with Crippen molar-refractivity contribution in [1.82, 2.24) is 14.8 Å². The summed E-state index contributed by atoms with van der Waals surface area (Å²) in [5, 5.41) is 2.72. The van der Waals surface area contributed by atoms with Crippen molar-refractivity contribution in [3.63, 3.8) is 0 Å². The molecule has 1 aromatic heterocycles. The molecule has 1 rings (SSSR count). The van der Waals surface area contributed by atoms with Gasteiger partial charge in [0.1, 0.15) is 6.33 Å². The summed E-state index contributed by atoms with van der Waals surface area (Å²) in [6.07, 6.45) is 1.46. The van der Waals surface area contributed by atoms with Gasteiger partial charge in [-0.25, -0.2) is 4.98 Å². The van der Waals surface area contributed by atoms with Gasteiger partial charge in [0.25, 0.3) is 0 Å². The standard InChI is InChI=1S/C9H14B3N3/c1-6(2)8(3,4)7-13-5-15(14-7)9(10,11)12/h5-6H,1-4H3. The van der Waals surface area contributed by atoms with Crippen LogP contribution >= 0.6 is 0 Å². The van der Waals surface area contributed by atoms with Crippen LogP contribution in [0.25, 0.3) is 0 Å². The molecule has 0 N–H and O–H groups in total. The maximum Gasteiger partial charge on any atom is 0.156 e. The molecule has 0 aliphatic carbocycles. The van der Waals surface area contributed by atoms with Gasteiger partial charge in [-0.2, -0.15) is 5.10 Å². The van der Waals surface area contributed by atoms with Crippen molar-refractivity contribution >= 4 is 23.5 Å². The van der Waals surface area contributed by atoms with Gasteiger partial charge in [-0.1, -0.05) is 27.7 Å². The minimum absolute atomic E-state index is 0.128. The van der Waals surface area contributed by atoms with Gasteiger partial charge in [0, 0.05) is 5.41 Å². The normalized spacial score (nSPS) is 13.4. The van der Waals surface area contributed by atoms with Gasteiger partial charge in [-0.3, -0.25) is 4.68 Å². The van der Waals surface area contributed by atoms with Gasteiger partial charge in [-0.05, 0) is 11.2 Å². The Hall–Kier alpha value is -0.665. The lowest BCUT2D eigenvalue weighted by Crippen LogP contribution is -2.36. The predicted molar refractivity (Wildman–Crippen MR) is 63.1 cm³/mol. The fourth-order valence-corrected chi connectivity index (χ4v) is 1.00. The van der Waals surface area contributed by atoms with E-state index in [9.17, 15) is 0 Å². The van der Waals surface area contributed by atoms with E-state index in [0.717, 1.165) is 0 Å². The Balaban J connectivity index is 3.04. The number of hydrogen-bond acceptors (Lipinski definition) is 2. The summed E-state index contributed by atoms with van der Waals surface area (Å²) >= 11 is 0. The number of hydrogen-bond donors (Lipinski definition) is 0. The van der Waals surface area contributed by atoms with Gasteiger partial charge in [-0.15, -0.1) is 0 Å². The third-order valence-electron chi connectivity index (χ3n) is 2.91. The zero-order valence-corrected chi connectivity index (χ0v) is 9.73. The largest absolute Gasteiger partial charge is 0.273 e. The number of aromatic nitrogens is 3. The summed E-state index contributed by atoms with van der Waals surface area (Å²) in [7, 11) is 16.5. The van der Waals surface area contributed by atoms with Crippen molar-refractivity contribution < 1.29 is 0 Å². The highest BCUT2D eigenvalue weighted by Crippen LogP contribution is 2.28. The van der Waals surface area contributed by atoms with Crippen LogP contribution in [0.2, 0.25) is 0 Å². The van der Waals surface area contributed by atoms with Crippen molar-refractivity contribution in [3.05, 3.63) is 12.2 Å². The summed E-state index contributed by atoms with van der Waals surface area (Å²) in [5.41, 5.74) is -0.128. The second kappa shape index (κ2) is 3.73. The molecule has 0 atom stereocenters. The summed E-state index contributed by atoms with van der Waals surface area (Å²) < 4.78 is 1.27. The van der Waals surface area contributed by atoms with Gasteiger partial charge in [0.15, 0.2) is 5.82 Å². The highest BCUT2D eigenvalue weighted by Gasteiger charge is 2.29. The molecule has 0 fully saturated rings. The van der Waals surface area contributed by atoms with Gasteiger partial charge < -0.3 is 0 Å². The maximum atomic E-state index is 5.51. The highest BCUT2D eigenvalue weighted by molar-refractivity contribution is 6.56. The molecule has 1 heterocycles. The Labute approximate surface area is 95.3 Å². The maximum absolute atomic E-state index is 5.51. The van der Waals surface area contributed by atoms with E-state index in [1.165, 1.54) is 11.0 Å². The molecule has 1 aromatic rings. The summed E-state index contributed by atoms with van der Waals surface area (Å²) in [5.74, 6) is 1.11. The zero-order valence-electron chi connectivity index (χ0n) is 9.73. The van der Waals surface area contributed by atoms with Crippen molar-refractivity contribution in [2.75, 3.05) is 0 Å². The van der Waals surface area contributed by atoms with Crippen LogP contribution < -0.4 is 0 Å². The minimum Gasteiger partial charge on any atom is -0.273 e. The first kappa shape index (κ1) is 12.4. The monoisotopic (exact) mass is 197 g/mol. The first-order valence-corrected chi connectivity index (χ1v) is 4.95. The Morgan fingerprint density at radius 2 is 1.80 bits per heavy atom. The molecule has 6 radical (unpaired) electrons. The second-order valence-corrected chi connectivity index (χ2v) is 4.78. The van der Waals surface area contributed by atoms with Crippen LogP contribution in [0.15, 0.2) is 6.33 Å². The molecule has 0 aliphatic rings. The third-order valence-corrected chi connectivity index (χ3v) is 2.91. The average molecular weight is 197 g/mol. The molecule has 0 saturated carbocycles. The molecule has 0 saturated heterocycles. The average Bonchev–Trinajstić information content (AvgIpc) is 2.50. The van der Waals surface area contributed by atoms with E-state index in [4.69, 9.17) is 23.5 Å². The van der Waals surface area contributed by atoms with Crippen LogP contribution in [0, 0.1) is 5.92 Å². The first-order chi connectivity index (χ1) is 6.65. The molecule has 0 unspecified atom stereocenters. The fourth-order valence-electron chi connectivity index (χ4n) is 1.00. The lowest BCUT2D eigenvalue weighted by molar-refractivity contribution is 0.349. The molecule has 0 spiro atoms. The van der Waals surface area contributed by atoms with Crippen LogP contribution in [0.1, 0.15) is 33.5 Å². The Bertz CT molecular complexity index is 339. The Morgan fingerprint density at radius 1 is 1.27 bits per heavy atom. The summed E-state index contributed by atoms with van der Waals surface area (Å²) in [6.45, 7) is 8.37. The SMILES string of the molecule is [B]C([B])([B])n1cnc(C(C)(C)C(C)C)n1. The summed E-state index contributed by atoms with van der Waals surface area (Å²) in [4.78, 5) is 4.19. The van der Waals surface area contributed by atoms with Crippen LogP contribution in [-0.4, -0.2) is 38.3 Å². The van der Waals surface area contributed by atoms with Crippen LogP contribution in [0.5, 0.6) is 0 Å². The van der Waals surface area contributed by atoms with Gasteiger partial charge in [0.05, 0.1) is 23.5 Å². The van der Waals surface area contributed by atoms with E-state index in [2.05, 4.69) is 37.8 Å². The van der Waals surface area contributed by atoms with Crippen molar-refractivity contribution in [3.8, 4) is 0 Å². The van der Waals surface area contributed by atoms with Crippen molar-refractivity contribution in [2.45, 2.75) is 38.3 Å². The van der Waals surface area contributed by atoms with Crippen LogP contribution in [0.4, 0.5) is 0 Å². The van der Waals surface area contributed by atoms with E-state index >= 15 is 0 Å². The zero-order chi connectivity index (χ0) is 11.9. The molecule has 15 heavy (non-hydrogen) atoms. The van der Waals surface area contributed by atoms with E-state index in [1.54, 1.807) is 0 Å². The Kier molecular flexibility index (Phi) is 3.08. The van der Waals surface area contributed by atoms with Crippen molar-refractivity contribution in [1.29, 1.82) is 0 Å². The molecule has 74 valence electrons. The fraction of sp³-hybridized carbons (Fsp3) is 0.778. The van der Waals surface area contributed by atoms with Gasteiger partial charge >= 0.3 is 0 Å². The molecular weight excluding hydrogens is 183 g/mol. The van der Waals surface area contributed by atoms with Crippen LogP contribution in [-0.2, 0) is 10.7 Å². The minimum atomic E-state index is -1.49. The molecular formula is C9H14B3N3. The highest BCUT2D eigenvalue weighted by atomic mass is 15.3. The van der Waals surface area contributed by atoms with E-state index in [-0.39, 0.29) is 5.41 Å². The molecule has 3 nitrogen and oxygen atoms in total. The molecule has 6 heteroatoms. The third kappa shape index (κ3) is 2.47. The van der Waals surface area contributed by atoms with Crippen molar-refractivity contribution in [2.24, 2.45) is 5.92 Å².